The van der Waals surface area contributed by atoms with Gasteiger partial charge in [-0.1, -0.05) is 75.6 Å². The minimum Gasteiger partial charge on any atom is -0.0628 e. The first-order valence-electron chi connectivity index (χ1n) is 6.46. The second kappa shape index (κ2) is 5.11. The maximum absolute atomic E-state index is 2.40. The summed E-state index contributed by atoms with van der Waals surface area (Å²) in [4.78, 5) is 0. The molecule has 0 spiro atoms. The Bertz CT molecular complexity index is 478. The Morgan fingerprint density at radius 1 is 0.556 bits per heavy atom. The average Bonchev–Trinajstić information content (AvgIpc) is 2.25. The lowest BCUT2D eigenvalue weighted by Gasteiger charge is -2.14. The highest BCUT2D eigenvalue weighted by Gasteiger charge is 2.12. The van der Waals surface area contributed by atoms with Crippen molar-refractivity contribution in [2.24, 2.45) is 0 Å². The molecule has 2 rings (SSSR count). The lowest BCUT2D eigenvalue weighted by Crippen LogP contribution is -2.39. The molecule has 18 heavy (non-hydrogen) atoms. The Morgan fingerprint density at radius 3 is 1.11 bits per heavy atom. The van der Waals surface area contributed by atoms with Gasteiger partial charge in [0.15, 0.2) is 0 Å². The molecule has 0 aliphatic rings. The van der Waals surface area contributed by atoms with Crippen molar-refractivity contribution in [1.29, 1.82) is 0 Å². The van der Waals surface area contributed by atoms with E-state index >= 15 is 0 Å². The Kier molecular flexibility index (Phi) is 3.72. The Hall–Kier alpha value is -1.34. The normalized spacial score (nSPS) is 11.0. The molecule has 1 heteroatoms. The van der Waals surface area contributed by atoms with Gasteiger partial charge in [-0.25, -0.2) is 0 Å². The molecule has 0 bridgehead atoms. The molecule has 0 N–H and O–H groups in total. The number of hydrogen-bond acceptors (Lipinski definition) is 0. The van der Waals surface area contributed by atoms with E-state index in [1.807, 2.05) is 0 Å². The van der Waals surface area contributed by atoms with E-state index in [-0.39, 0.29) is 0 Å². The molecule has 93 valence electrons. The zero-order chi connectivity index (χ0) is 13.3. The summed E-state index contributed by atoms with van der Waals surface area (Å²) < 4.78 is 0. The smallest absolute Gasteiger partial charge is 0.0628 e. The van der Waals surface area contributed by atoms with Crippen LogP contribution in [-0.4, -0.2) is 8.80 Å². The van der Waals surface area contributed by atoms with Gasteiger partial charge in [0.2, 0.25) is 0 Å². The van der Waals surface area contributed by atoms with Gasteiger partial charge in [-0.3, -0.25) is 0 Å². The quantitative estimate of drug-likeness (QED) is 0.721. The first kappa shape index (κ1) is 13.1. The van der Waals surface area contributed by atoms with Crippen LogP contribution in [0.3, 0.4) is 0 Å². The summed E-state index contributed by atoms with van der Waals surface area (Å²) in [5, 5.41) is 3.03. The molecule has 0 saturated heterocycles. The standard InChI is InChI=1S/C17H21Si/c1-12-6-13(2)9-16(8-12)18(5)17-10-14(3)7-15(4)11-17/h6-11H,1-5H3. The van der Waals surface area contributed by atoms with Gasteiger partial charge in [-0.15, -0.1) is 0 Å². The number of aryl methyl sites for hydroxylation is 4. The van der Waals surface area contributed by atoms with Crippen LogP contribution >= 0.6 is 0 Å². The predicted octanol–water partition coefficient (Wildman–Crippen LogP) is 3.16. The largest absolute Gasteiger partial charge is 0.118 e. The Balaban J connectivity index is 2.43. The molecule has 0 heterocycles. The van der Waals surface area contributed by atoms with Gasteiger partial charge >= 0.3 is 0 Å². The zero-order valence-corrected chi connectivity index (χ0v) is 13.0. The monoisotopic (exact) mass is 253 g/mol. The van der Waals surface area contributed by atoms with Crippen molar-refractivity contribution in [2.75, 3.05) is 0 Å². The number of benzene rings is 2. The SMILES string of the molecule is Cc1cc(C)cc([Si](C)c2cc(C)cc(C)c2)c1. The first-order valence-corrected chi connectivity index (χ1v) is 8.46. The summed E-state index contributed by atoms with van der Waals surface area (Å²) in [5.74, 6) is 0. The summed E-state index contributed by atoms with van der Waals surface area (Å²) in [6.07, 6.45) is 0. The molecule has 0 unspecified atom stereocenters. The minimum atomic E-state index is -0.633. The van der Waals surface area contributed by atoms with E-state index in [2.05, 4.69) is 70.6 Å². The van der Waals surface area contributed by atoms with Crippen LogP contribution in [-0.2, 0) is 0 Å². The lowest BCUT2D eigenvalue weighted by atomic mass is 10.2. The molecule has 0 atom stereocenters. The van der Waals surface area contributed by atoms with Gasteiger partial charge in [-0.2, -0.15) is 0 Å². The molecule has 1 radical (unpaired) electrons. The minimum absolute atomic E-state index is 0.633. The highest BCUT2D eigenvalue weighted by molar-refractivity contribution is 6.84. The highest BCUT2D eigenvalue weighted by atomic mass is 28.3. The summed E-state index contributed by atoms with van der Waals surface area (Å²) in [5.41, 5.74) is 5.50. The van der Waals surface area contributed by atoms with Crippen LogP contribution in [0.1, 0.15) is 22.3 Å². The van der Waals surface area contributed by atoms with Crippen LogP contribution < -0.4 is 10.4 Å². The van der Waals surface area contributed by atoms with Gasteiger partial charge < -0.3 is 0 Å². The molecule has 0 aliphatic heterocycles. The van der Waals surface area contributed by atoms with Gasteiger partial charge in [0.05, 0.1) is 0 Å². The first-order chi connectivity index (χ1) is 8.45. The summed E-state index contributed by atoms with van der Waals surface area (Å²) in [7, 11) is -0.633. The van der Waals surface area contributed by atoms with E-state index < -0.39 is 8.80 Å². The van der Waals surface area contributed by atoms with Crippen molar-refractivity contribution < 1.29 is 0 Å². The van der Waals surface area contributed by atoms with E-state index in [0.717, 1.165) is 0 Å². The van der Waals surface area contributed by atoms with Gasteiger partial charge in [0, 0.05) is 0 Å². The molecule has 0 saturated carbocycles. The van der Waals surface area contributed by atoms with Gasteiger partial charge in [0.25, 0.3) is 0 Å². The molecule has 0 aliphatic carbocycles. The van der Waals surface area contributed by atoms with Gasteiger partial charge in [-0.05, 0) is 27.7 Å². The third-order valence-electron chi connectivity index (χ3n) is 3.31. The lowest BCUT2D eigenvalue weighted by molar-refractivity contribution is 1.39. The van der Waals surface area contributed by atoms with E-state index in [1.165, 1.54) is 32.6 Å². The van der Waals surface area contributed by atoms with Crippen LogP contribution in [0.15, 0.2) is 36.4 Å². The summed E-state index contributed by atoms with van der Waals surface area (Å²) in [6.45, 7) is 11.1. The zero-order valence-electron chi connectivity index (χ0n) is 12.0. The second-order valence-corrected chi connectivity index (χ2v) is 7.78. The van der Waals surface area contributed by atoms with Crippen molar-refractivity contribution in [3.05, 3.63) is 58.7 Å². The average molecular weight is 253 g/mol. The third kappa shape index (κ3) is 2.91. The van der Waals surface area contributed by atoms with Crippen LogP contribution in [0.25, 0.3) is 0 Å². The van der Waals surface area contributed by atoms with Crippen molar-refractivity contribution in [2.45, 2.75) is 34.2 Å². The highest BCUT2D eigenvalue weighted by Crippen LogP contribution is 2.05. The van der Waals surface area contributed by atoms with E-state index in [0.29, 0.717) is 0 Å². The fraction of sp³-hybridized carbons (Fsp3) is 0.294. The van der Waals surface area contributed by atoms with Crippen LogP contribution in [0, 0.1) is 27.7 Å². The number of rotatable bonds is 2. The number of hydrogen-bond donors (Lipinski definition) is 0. The summed E-state index contributed by atoms with van der Waals surface area (Å²) >= 11 is 0. The predicted molar refractivity (Wildman–Crippen MR) is 82.7 cm³/mol. The van der Waals surface area contributed by atoms with Crippen molar-refractivity contribution >= 4 is 19.2 Å². The molecule has 0 fully saturated rings. The summed E-state index contributed by atoms with van der Waals surface area (Å²) in [6, 6.07) is 13.9. The molecule has 2 aromatic rings. The van der Waals surface area contributed by atoms with Crippen molar-refractivity contribution in [3.8, 4) is 0 Å². The molecule has 0 nitrogen and oxygen atoms in total. The van der Waals surface area contributed by atoms with Crippen molar-refractivity contribution in [3.63, 3.8) is 0 Å². The van der Waals surface area contributed by atoms with Gasteiger partial charge in [0.1, 0.15) is 8.80 Å². The maximum atomic E-state index is 2.40. The Labute approximate surface area is 112 Å². The maximum Gasteiger partial charge on any atom is 0.118 e. The third-order valence-corrected chi connectivity index (χ3v) is 5.62. The van der Waals surface area contributed by atoms with Crippen LogP contribution in [0.4, 0.5) is 0 Å². The van der Waals surface area contributed by atoms with E-state index in [1.54, 1.807) is 0 Å². The second-order valence-electron chi connectivity index (χ2n) is 5.38. The van der Waals surface area contributed by atoms with E-state index in [4.69, 9.17) is 0 Å². The fourth-order valence-corrected chi connectivity index (χ4v) is 4.66. The molecule has 0 amide bonds. The van der Waals surface area contributed by atoms with Crippen LogP contribution in [0.5, 0.6) is 0 Å². The van der Waals surface area contributed by atoms with E-state index in [9.17, 15) is 0 Å². The van der Waals surface area contributed by atoms with Crippen LogP contribution in [0.2, 0.25) is 6.55 Å². The Morgan fingerprint density at radius 2 is 0.833 bits per heavy atom. The molecular weight excluding hydrogens is 232 g/mol. The molecule has 2 aromatic carbocycles. The molecular formula is C17H21Si. The fourth-order valence-electron chi connectivity index (χ4n) is 2.55. The molecule has 0 aromatic heterocycles. The van der Waals surface area contributed by atoms with Crippen molar-refractivity contribution in [1.82, 2.24) is 0 Å². The topological polar surface area (TPSA) is 0 Å².